The lowest BCUT2D eigenvalue weighted by atomic mass is 9.95. The molecule has 0 bridgehead atoms. The van der Waals surface area contributed by atoms with Crippen LogP contribution in [0.15, 0.2) is 72.9 Å². The van der Waals surface area contributed by atoms with Crippen molar-refractivity contribution in [2.75, 3.05) is 5.32 Å². The molecule has 3 heterocycles. The van der Waals surface area contributed by atoms with Gasteiger partial charge in [0.1, 0.15) is 17.2 Å². The first kappa shape index (κ1) is 23.6. The Morgan fingerprint density at radius 3 is 2.46 bits per heavy atom. The Labute approximate surface area is 220 Å². The monoisotopic (exact) mass is 511 g/mol. The van der Waals surface area contributed by atoms with Crippen molar-refractivity contribution in [1.29, 1.82) is 0 Å². The normalized spacial score (nSPS) is 13.1. The van der Waals surface area contributed by atoms with Crippen molar-refractivity contribution in [1.82, 2.24) is 8.97 Å². The number of carbonyl (C=O) groups is 1. The number of amides is 1. The van der Waals surface area contributed by atoms with Gasteiger partial charge in [-0.05, 0) is 91.8 Å². The summed E-state index contributed by atoms with van der Waals surface area (Å²) >= 11 is 6.40. The lowest BCUT2D eigenvalue weighted by molar-refractivity contribution is 0.102. The third-order valence-corrected chi connectivity index (χ3v) is 7.74. The molecule has 0 unspecified atom stereocenters. The molecule has 1 N–H and O–H groups in total. The van der Waals surface area contributed by atoms with Crippen LogP contribution in [0.5, 0.6) is 0 Å². The zero-order valence-corrected chi connectivity index (χ0v) is 21.6. The second-order valence-corrected chi connectivity index (χ2v) is 10.2. The van der Waals surface area contributed by atoms with Crippen molar-refractivity contribution in [3.05, 3.63) is 106 Å². The van der Waals surface area contributed by atoms with E-state index in [1.165, 1.54) is 28.8 Å². The molecule has 0 aliphatic carbocycles. The number of aromatic nitrogens is 2. The molecular formula is C31H27ClFN3O. The maximum absolute atomic E-state index is 14.0. The number of imidazole rings is 1. The van der Waals surface area contributed by atoms with Crippen LogP contribution in [-0.4, -0.2) is 14.9 Å². The highest BCUT2D eigenvalue weighted by atomic mass is 35.5. The lowest BCUT2D eigenvalue weighted by Gasteiger charge is -2.12. The summed E-state index contributed by atoms with van der Waals surface area (Å²) in [5.41, 5.74) is 9.61. The largest absolute Gasteiger partial charge is 0.325 e. The highest BCUT2D eigenvalue weighted by molar-refractivity contribution is 6.34. The Hall–Kier alpha value is -3.83. The quantitative estimate of drug-likeness (QED) is 0.260. The van der Waals surface area contributed by atoms with Gasteiger partial charge in [-0.25, -0.2) is 4.39 Å². The smallest absolute Gasteiger partial charge is 0.273 e. The minimum absolute atomic E-state index is 0.217. The van der Waals surface area contributed by atoms with Gasteiger partial charge in [-0.1, -0.05) is 41.9 Å². The van der Waals surface area contributed by atoms with Gasteiger partial charge < -0.3 is 9.88 Å². The molecule has 0 atom stereocenters. The maximum atomic E-state index is 14.0. The van der Waals surface area contributed by atoms with Gasteiger partial charge in [0.2, 0.25) is 0 Å². The van der Waals surface area contributed by atoms with Crippen LogP contribution in [-0.2, 0) is 13.0 Å². The highest BCUT2D eigenvalue weighted by Crippen LogP contribution is 2.40. The number of anilines is 1. The number of para-hydroxylation sites is 1. The standard InChI is InChI=1S/C31H27ClFN3O/c1-19-10-11-22(17-20(19)2)28-24-7-5-6-16-35-27(21-12-14-23(33)15-13-21)18-36(31(24)35)29(28)30(37)34-26-9-4-3-8-25(26)32/h3-4,8-15,17-18H,5-7,16H2,1-2H3,(H,34,37). The number of rotatable bonds is 4. The maximum Gasteiger partial charge on any atom is 0.273 e. The predicted octanol–water partition coefficient (Wildman–Crippen LogP) is 8.07. The Kier molecular flexibility index (Phi) is 5.88. The van der Waals surface area contributed by atoms with E-state index in [2.05, 4.69) is 41.9 Å². The van der Waals surface area contributed by atoms with Crippen LogP contribution in [0.4, 0.5) is 10.1 Å². The molecule has 5 aromatic rings. The van der Waals surface area contributed by atoms with E-state index in [1.807, 2.05) is 22.7 Å². The van der Waals surface area contributed by atoms with Crippen molar-refractivity contribution in [3.8, 4) is 22.4 Å². The van der Waals surface area contributed by atoms with Crippen molar-refractivity contribution >= 4 is 28.8 Å². The fourth-order valence-electron chi connectivity index (χ4n) is 5.41. The van der Waals surface area contributed by atoms with Crippen LogP contribution in [0.3, 0.4) is 0 Å². The van der Waals surface area contributed by atoms with Crippen LogP contribution in [0.25, 0.3) is 28.0 Å². The molecule has 4 nitrogen and oxygen atoms in total. The molecule has 0 fully saturated rings. The molecule has 0 radical (unpaired) electrons. The van der Waals surface area contributed by atoms with E-state index in [1.54, 1.807) is 24.3 Å². The highest BCUT2D eigenvalue weighted by Gasteiger charge is 2.30. The Bertz CT molecular complexity index is 1660. The van der Waals surface area contributed by atoms with Crippen molar-refractivity contribution in [2.24, 2.45) is 0 Å². The fraction of sp³-hybridized carbons (Fsp3) is 0.194. The molecule has 2 aromatic heterocycles. The number of hydrogen-bond donors (Lipinski definition) is 1. The van der Waals surface area contributed by atoms with Crippen molar-refractivity contribution < 1.29 is 9.18 Å². The first-order valence-corrected chi connectivity index (χ1v) is 13.0. The molecule has 1 aliphatic heterocycles. The topological polar surface area (TPSA) is 38.4 Å². The molecule has 186 valence electrons. The Morgan fingerprint density at radius 2 is 1.70 bits per heavy atom. The lowest BCUT2D eigenvalue weighted by Crippen LogP contribution is -2.15. The van der Waals surface area contributed by atoms with E-state index >= 15 is 0 Å². The summed E-state index contributed by atoms with van der Waals surface area (Å²) < 4.78 is 18.0. The second kappa shape index (κ2) is 9.24. The SMILES string of the molecule is Cc1ccc(-c2c3c4n(c(-c5ccc(F)cc5)cn4c2C(=O)Nc2ccccc2Cl)CCCC3)cc1C. The zero-order valence-electron chi connectivity index (χ0n) is 20.8. The number of hydrogen-bond acceptors (Lipinski definition) is 1. The molecule has 0 saturated carbocycles. The molecular weight excluding hydrogens is 485 g/mol. The summed E-state index contributed by atoms with van der Waals surface area (Å²) in [6, 6.07) is 20.2. The van der Waals surface area contributed by atoms with Gasteiger partial charge in [0.05, 0.1) is 16.4 Å². The molecule has 6 heteroatoms. The molecule has 37 heavy (non-hydrogen) atoms. The third kappa shape index (κ3) is 4.04. The van der Waals surface area contributed by atoms with Crippen LogP contribution in [0, 0.1) is 19.7 Å². The van der Waals surface area contributed by atoms with E-state index in [-0.39, 0.29) is 11.7 Å². The second-order valence-electron chi connectivity index (χ2n) is 9.76. The summed E-state index contributed by atoms with van der Waals surface area (Å²) in [5.74, 6) is -0.485. The number of halogens is 2. The number of benzene rings is 3. The van der Waals surface area contributed by atoms with Gasteiger partial charge in [0, 0.05) is 23.9 Å². The molecule has 0 spiro atoms. The van der Waals surface area contributed by atoms with E-state index in [0.717, 1.165) is 53.8 Å². The number of nitrogens with one attached hydrogen (secondary N) is 1. The fourth-order valence-corrected chi connectivity index (χ4v) is 5.59. The Balaban J connectivity index is 1.63. The van der Waals surface area contributed by atoms with Crippen LogP contribution >= 0.6 is 11.6 Å². The van der Waals surface area contributed by atoms with Crippen LogP contribution in [0.1, 0.15) is 40.0 Å². The average Bonchev–Trinajstić information content (AvgIpc) is 3.30. The summed E-state index contributed by atoms with van der Waals surface area (Å²) in [7, 11) is 0. The van der Waals surface area contributed by atoms with E-state index in [0.29, 0.717) is 16.4 Å². The predicted molar refractivity (Wildman–Crippen MR) is 148 cm³/mol. The minimum atomic E-state index is -0.268. The summed E-state index contributed by atoms with van der Waals surface area (Å²) in [6.45, 7) is 5.03. The molecule has 3 aromatic carbocycles. The van der Waals surface area contributed by atoms with E-state index in [9.17, 15) is 9.18 Å². The molecule has 6 rings (SSSR count). The summed E-state index contributed by atoms with van der Waals surface area (Å²) in [4.78, 5) is 14.0. The molecule has 1 aliphatic rings. The van der Waals surface area contributed by atoms with Gasteiger partial charge >= 0.3 is 0 Å². The number of nitrogens with zero attached hydrogens (tertiary/aromatic N) is 2. The molecule has 1 amide bonds. The Morgan fingerprint density at radius 1 is 0.946 bits per heavy atom. The number of carbonyl (C=O) groups excluding carboxylic acids is 1. The first-order chi connectivity index (χ1) is 17.9. The first-order valence-electron chi connectivity index (χ1n) is 12.6. The summed E-state index contributed by atoms with van der Waals surface area (Å²) in [5, 5.41) is 3.54. The van der Waals surface area contributed by atoms with Gasteiger partial charge in [-0.3, -0.25) is 9.20 Å². The number of aryl methyl sites for hydroxylation is 4. The van der Waals surface area contributed by atoms with Crippen LogP contribution < -0.4 is 5.32 Å². The average molecular weight is 512 g/mol. The van der Waals surface area contributed by atoms with E-state index in [4.69, 9.17) is 11.6 Å². The van der Waals surface area contributed by atoms with E-state index < -0.39 is 0 Å². The van der Waals surface area contributed by atoms with Gasteiger partial charge in [-0.2, -0.15) is 0 Å². The molecule has 0 saturated heterocycles. The third-order valence-electron chi connectivity index (χ3n) is 7.41. The van der Waals surface area contributed by atoms with Gasteiger partial charge in [-0.15, -0.1) is 0 Å². The zero-order chi connectivity index (χ0) is 25.7. The van der Waals surface area contributed by atoms with Crippen LogP contribution in [0.2, 0.25) is 5.02 Å². The van der Waals surface area contributed by atoms with Crippen molar-refractivity contribution in [2.45, 2.75) is 39.7 Å². The summed E-state index contributed by atoms with van der Waals surface area (Å²) in [6.07, 6.45) is 4.94. The van der Waals surface area contributed by atoms with Gasteiger partial charge in [0.15, 0.2) is 0 Å². The van der Waals surface area contributed by atoms with Crippen molar-refractivity contribution in [3.63, 3.8) is 0 Å². The van der Waals surface area contributed by atoms with Gasteiger partial charge in [0.25, 0.3) is 5.91 Å². The minimum Gasteiger partial charge on any atom is -0.325 e.